The lowest BCUT2D eigenvalue weighted by atomic mass is 9.53. The standard InChI is InChI=1S/C24H29BN4O/c1-23(2)4-6-29-25(30-23)18-12-27-22-16(3-5-26-22)20(18)21(28-29)19-14-7-13-8-15-9-17(19)24(15,10-13)11-14/h3,5,12-15,17,19H,4,6-11H2,1-2H3,(H,26,27)/t13?,14?,15?,17?,19-,24?/m1/s1. The summed E-state index contributed by atoms with van der Waals surface area (Å²) in [6.45, 7) is 5.37. The number of pyridine rings is 1. The number of rotatable bonds is 1. The number of hydrogen-bond acceptors (Lipinski definition) is 4. The Morgan fingerprint density at radius 2 is 2.17 bits per heavy atom. The van der Waals surface area contributed by atoms with E-state index >= 15 is 0 Å². The van der Waals surface area contributed by atoms with Gasteiger partial charge in [0.1, 0.15) is 5.65 Å². The molecule has 6 aliphatic rings. The van der Waals surface area contributed by atoms with Crippen molar-refractivity contribution in [2.24, 2.45) is 40.1 Å². The molecule has 4 saturated carbocycles. The zero-order valence-electron chi connectivity index (χ0n) is 17.9. The van der Waals surface area contributed by atoms with Gasteiger partial charge in [-0.05, 0) is 87.5 Å². The average molecular weight is 400 g/mol. The van der Waals surface area contributed by atoms with Gasteiger partial charge in [-0.25, -0.2) is 4.98 Å². The van der Waals surface area contributed by atoms with Crippen LogP contribution in [0.25, 0.3) is 11.0 Å². The highest BCUT2D eigenvalue weighted by molar-refractivity contribution is 6.68. The minimum atomic E-state index is -0.123. The Bertz CT molecular complexity index is 1120. The van der Waals surface area contributed by atoms with Crippen LogP contribution in [0, 0.1) is 35.0 Å². The molecule has 2 aromatic rings. The van der Waals surface area contributed by atoms with Gasteiger partial charge in [-0.3, -0.25) is 0 Å². The predicted molar refractivity (Wildman–Crippen MR) is 117 cm³/mol. The maximum atomic E-state index is 6.58. The fourth-order valence-electron chi connectivity index (χ4n) is 8.86. The lowest BCUT2D eigenvalue weighted by Crippen LogP contribution is -2.61. The smallest absolute Gasteiger partial charge is 0.407 e. The van der Waals surface area contributed by atoms with E-state index in [1.807, 2.05) is 6.20 Å². The summed E-state index contributed by atoms with van der Waals surface area (Å²) in [5.74, 6) is 4.31. The van der Waals surface area contributed by atoms with E-state index in [0.29, 0.717) is 11.3 Å². The van der Waals surface area contributed by atoms with Gasteiger partial charge in [-0.2, -0.15) is 5.10 Å². The lowest BCUT2D eigenvalue weighted by Gasteiger charge is -2.51. The van der Waals surface area contributed by atoms with E-state index in [9.17, 15) is 0 Å². The molecule has 2 aromatic heterocycles. The first kappa shape index (κ1) is 16.8. The van der Waals surface area contributed by atoms with E-state index in [0.717, 1.165) is 42.3 Å². The number of hydrazone groups is 1. The number of hydrogen-bond donors (Lipinski definition) is 1. The molecule has 1 spiro atoms. The van der Waals surface area contributed by atoms with Crippen LogP contribution in [-0.2, 0) is 4.65 Å². The Morgan fingerprint density at radius 3 is 3.10 bits per heavy atom. The van der Waals surface area contributed by atoms with Gasteiger partial charge in [-0.15, -0.1) is 0 Å². The van der Waals surface area contributed by atoms with Crippen molar-refractivity contribution in [2.45, 2.75) is 58.0 Å². The number of aromatic amines is 1. The van der Waals surface area contributed by atoms with Crippen molar-refractivity contribution < 1.29 is 4.65 Å². The molecular weight excluding hydrogens is 371 g/mol. The molecule has 0 amide bonds. The molecule has 5 nitrogen and oxygen atoms in total. The van der Waals surface area contributed by atoms with Gasteiger partial charge in [0.2, 0.25) is 0 Å². The number of fused-ring (bicyclic) bond motifs is 7. The van der Waals surface area contributed by atoms with Crippen molar-refractivity contribution in [1.82, 2.24) is 14.9 Å². The second kappa shape index (κ2) is 5.15. The Hall–Kier alpha value is -1.82. The molecule has 8 rings (SSSR count). The fourth-order valence-corrected chi connectivity index (χ4v) is 8.86. The summed E-state index contributed by atoms with van der Waals surface area (Å²) in [4.78, 5) is 10.4. The third-order valence-electron chi connectivity index (χ3n) is 9.93. The summed E-state index contributed by atoms with van der Waals surface area (Å²) >= 11 is 0. The minimum absolute atomic E-state index is 0.108. The molecule has 5 unspecified atom stereocenters. The fraction of sp³-hybridized carbons (Fsp3) is 0.667. The molecule has 6 atom stereocenters. The molecule has 2 aliphatic heterocycles. The van der Waals surface area contributed by atoms with Gasteiger partial charge in [-0.1, -0.05) is 0 Å². The molecule has 0 aromatic carbocycles. The largest absolute Gasteiger partial charge is 0.471 e. The number of nitrogens with zero attached hydrogens (tertiary/aromatic N) is 3. The Balaban J connectivity index is 1.32. The van der Waals surface area contributed by atoms with E-state index in [1.165, 1.54) is 54.2 Å². The zero-order valence-corrected chi connectivity index (χ0v) is 17.9. The van der Waals surface area contributed by atoms with Gasteiger partial charge in [0.15, 0.2) is 0 Å². The first-order valence-corrected chi connectivity index (χ1v) is 12.0. The Kier molecular flexibility index (Phi) is 2.89. The molecule has 1 saturated heterocycles. The van der Waals surface area contributed by atoms with Gasteiger partial charge in [0.05, 0.1) is 5.71 Å². The van der Waals surface area contributed by atoms with Crippen LogP contribution in [0.3, 0.4) is 0 Å². The molecule has 5 fully saturated rings. The van der Waals surface area contributed by atoms with Crippen molar-refractivity contribution in [3.05, 3.63) is 24.0 Å². The summed E-state index contributed by atoms with van der Waals surface area (Å²) in [6.07, 6.45) is 12.5. The monoisotopic (exact) mass is 400 g/mol. The molecule has 4 aliphatic carbocycles. The molecular formula is C24H29BN4O. The highest BCUT2D eigenvalue weighted by Crippen LogP contribution is 2.77. The first-order valence-electron chi connectivity index (χ1n) is 12.0. The molecule has 6 heteroatoms. The van der Waals surface area contributed by atoms with E-state index in [4.69, 9.17) is 14.7 Å². The second-order valence-electron chi connectivity index (χ2n) is 11.8. The molecule has 154 valence electrons. The van der Waals surface area contributed by atoms with Crippen LogP contribution in [0.4, 0.5) is 0 Å². The topological polar surface area (TPSA) is 53.5 Å². The summed E-state index contributed by atoms with van der Waals surface area (Å²) in [6, 6.07) is 2.20. The van der Waals surface area contributed by atoms with Gasteiger partial charge >= 0.3 is 7.05 Å². The SMILES string of the molecule is CC1(C)CCN2N=C([C@@H]3C4CC5CC6CC3C6(C5)C4)c3c(cnc4[nH]ccc34)B2O1. The van der Waals surface area contributed by atoms with Crippen molar-refractivity contribution in [2.75, 3.05) is 6.54 Å². The van der Waals surface area contributed by atoms with E-state index in [2.05, 4.69) is 36.0 Å². The summed E-state index contributed by atoms with van der Waals surface area (Å²) < 4.78 is 6.58. The van der Waals surface area contributed by atoms with Crippen LogP contribution in [0.2, 0.25) is 0 Å². The van der Waals surface area contributed by atoms with E-state index in [-0.39, 0.29) is 12.7 Å². The number of H-pyrrole nitrogens is 1. The summed E-state index contributed by atoms with van der Waals surface area (Å²) in [5, 5.41) is 6.66. The number of nitrogens with one attached hydrogen (secondary N) is 1. The third kappa shape index (κ3) is 1.87. The van der Waals surface area contributed by atoms with Gasteiger partial charge < -0.3 is 14.6 Å². The zero-order chi connectivity index (χ0) is 19.8. The summed E-state index contributed by atoms with van der Waals surface area (Å²) in [5.41, 5.74) is 5.48. The highest BCUT2D eigenvalue weighted by atomic mass is 16.5. The van der Waals surface area contributed by atoms with E-state index in [1.54, 1.807) is 0 Å². The third-order valence-corrected chi connectivity index (χ3v) is 9.93. The maximum Gasteiger partial charge on any atom is 0.471 e. The Morgan fingerprint density at radius 1 is 1.23 bits per heavy atom. The lowest BCUT2D eigenvalue weighted by molar-refractivity contribution is -0.00799. The highest BCUT2D eigenvalue weighted by Gasteiger charge is 2.71. The van der Waals surface area contributed by atoms with E-state index < -0.39 is 0 Å². The van der Waals surface area contributed by atoms with Crippen molar-refractivity contribution in [3.63, 3.8) is 0 Å². The normalized spacial score (nSPS) is 42.1. The summed E-state index contributed by atoms with van der Waals surface area (Å²) in [7, 11) is -0.108. The van der Waals surface area contributed by atoms with Crippen LogP contribution in [0.15, 0.2) is 23.6 Å². The second-order valence-corrected chi connectivity index (χ2v) is 11.8. The predicted octanol–water partition coefficient (Wildman–Crippen LogP) is 3.55. The average Bonchev–Trinajstić information content (AvgIpc) is 3.31. The molecule has 30 heavy (non-hydrogen) atoms. The van der Waals surface area contributed by atoms with Crippen LogP contribution >= 0.6 is 0 Å². The van der Waals surface area contributed by atoms with Crippen LogP contribution in [0.5, 0.6) is 0 Å². The maximum absolute atomic E-state index is 6.58. The number of aromatic nitrogens is 2. The molecule has 1 N–H and O–H groups in total. The first-order chi connectivity index (χ1) is 14.5. The van der Waals surface area contributed by atoms with Crippen LogP contribution in [0.1, 0.15) is 57.9 Å². The van der Waals surface area contributed by atoms with Crippen molar-refractivity contribution in [1.29, 1.82) is 0 Å². The molecule has 0 radical (unpaired) electrons. The van der Waals surface area contributed by atoms with Gasteiger partial charge in [0.25, 0.3) is 0 Å². The molecule has 3 bridgehead atoms. The minimum Gasteiger partial charge on any atom is -0.407 e. The Labute approximate surface area is 177 Å². The van der Waals surface area contributed by atoms with Gasteiger partial charge in [0, 0.05) is 46.9 Å². The quantitative estimate of drug-likeness (QED) is 0.745. The van der Waals surface area contributed by atoms with Crippen LogP contribution < -0.4 is 5.46 Å². The van der Waals surface area contributed by atoms with Crippen molar-refractivity contribution >= 4 is 29.3 Å². The molecule has 4 heterocycles. The van der Waals surface area contributed by atoms with Crippen molar-refractivity contribution in [3.8, 4) is 0 Å². The van der Waals surface area contributed by atoms with Crippen LogP contribution in [-0.4, -0.2) is 39.8 Å².